The fraction of sp³-hybridized carbons (Fsp3) is 0.467. The third kappa shape index (κ3) is 5.40. The van der Waals surface area contributed by atoms with E-state index in [2.05, 4.69) is 38.2 Å². The predicted molar refractivity (Wildman–Crippen MR) is 158 cm³/mol. The van der Waals surface area contributed by atoms with Gasteiger partial charge in [0.15, 0.2) is 10.4 Å². The van der Waals surface area contributed by atoms with Gasteiger partial charge in [-0.3, -0.25) is 4.79 Å². The Balaban J connectivity index is 1.03. The van der Waals surface area contributed by atoms with E-state index in [1.54, 1.807) is 24.3 Å². The maximum atomic E-state index is 13.3. The molecule has 1 N–H and O–H groups in total. The number of esters is 1. The number of rotatable bonds is 10. The molecule has 3 aromatic heterocycles. The highest BCUT2D eigenvalue weighted by Gasteiger charge is 2.47. The van der Waals surface area contributed by atoms with E-state index in [-0.39, 0.29) is 11.9 Å². The molecular weight excluding hydrogens is 608 g/mol. The van der Waals surface area contributed by atoms with E-state index in [1.165, 1.54) is 16.9 Å². The van der Waals surface area contributed by atoms with E-state index < -0.39 is 11.6 Å². The van der Waals surface area contributed by atoms with Gasteiger partial charge in [0.05, 0.1) is 10.4 Å². The topological polar surface area (TPSA) is 111 Å². The molecule has 9 nitrogen and oxygen atoms in total. The number of aldehydes is 1. The summed E-state index contributed by atoms with van der Waals surface area (Å²) in [6.45, 7) is 1.68. The summed E-state index contributed by atoms with van der Waals surface area (Å²) in [4.78, 5) is 27.7. The van der Waals surface area contributed by atoms with Crippen LogP contribution in [-0.2, 0) is 34.5 Å². The Morgan fingerprint density at radius 2 is 2.07 bits per heavy atom. The summed E-state index contributed by atoms with van der Waals surface area (Å²) in [5.41, 5.74) is 3.06. The molecular formula is C30H33BrN4O5S. The van der Waals surface area contributed by atoms with E-state index in [4.69, 9.17) is 9.15 Å². The number of aryl methyl sites for hydroxylation is 2. The number of carbonyl (C=O) groups is 2. The fourth-order valence-electron chi connectivity index (χ4n) is 6.36. The minimum Gasteiger partial charge on any atom is -0.460 e. The third-order valence-corrected chi connectivity index (χ3v) is 9.96. The van der Waals surface area contributed by atoms with Crippen LogP contribution >= 0.6 is 27.3 Å². The average Bonchev–Trinajstić information content (AvgIpc) is 3.79. The van der Waals surface area contributed by atoms with Crippen LogP contribution in [0.2, 0.25) is 0 Å². The number of aromatic nitrogens is 3. The number of nitrogens with zero attached hydrogens (tertiary/aromatic N) is 4. The molecule has 1 atom stereocenters. The SMILES string of the molecule is CN(CCCn1nnc2cc(C=O)c3c(c21)CCC3)C1CCC(OC(=O)[C@@](O)(c2ccc(Br)o2)c2cccs2)CC1. The molecule has 6 rings (SSSR count). The molecule has 0 spiro atoms. The monoisotopic (exact) mass is 640 g/mol. The first-order valence-electron chi connectivity index (χ1n) is 14.1. The molecule has 11 heteroatoms. The van der Waals surface area contributed by atoms with Gasteiger partial charge >= 0.3 is 5.97 Å². The first kappa shape index (κ1) is 28.3. The first-order valence-corrected chi connectivity index (χ1v) is 15.8. The van der Waals surface area contributed by atoms with E-state index in [0.717, 1.165) is 92.9 Å². The number of benzene rings is 1. The maximum absolute atomic E-state index is 13.3. The zero-order valence-electron chi connectivity index (χ0n) is 22.9. The van der Waals surface area contributed by atoms with Gasteiger partial charge in [-0.15, -0.1) is 16.4 Å². The standard InChI is InChI=1S/C30H33BrN4O5S/c1-34(14-4-15-35-28-23-6-2-5-22(23)19(18-36)17-24(28)32-33-35)20-8-10-21(11-9-20)39-29(37)30(38,26-7-3-16-41-26)25-12-13-27(31)40-25/h3,7,12-13,16-18,20-21,38H,2,4-6,8-11,14-15H2,1H3/t20?,21?,30-/m1/s1. The number of hydrogen-bond acceptors (Lipinski definition) is 9. The van der Waals surface area contributed by atoms with Crippen molar-refractivity contribution in [2.24, 2.45) is 0 Å². The number of furan rings is 1. The van der Waals surface area contributed by atoms with Crippen molar-refractivity contribution in [3.05, 3.63) is 67.7 Å². The fourth-order valence-corrected chi connectivity index (χ4v) is 7.48. The number of thiophene rings is 1. The highest BCUT2D eigenvalue weighted by Crippen LogP contribution is 2.38. The quantitative estimate of drug-likeness (QED) is 0.185. The number of fused-ring (bicyclic) bond motifs is 3. The summed E-state index contributed by atoms with van der Waals surface area (Å²) in [5.74, 6) is -0.565. The van der Waals surface area contributed by atoms with Crippen molar-refractivity contribution in [3.8, 4) is 0 Å². The van der Waals surface area contributed by atoms with Crippen LogP contribution in [0.5, 0.6) is 0 Å². The zero-order valence-corrected chi connectivity index (χ0v) is 25.3. The lowest BCUT2D eigenvalue weighted by atomic mass is 9.91. The summed E-state index contributed by atoms with van der Waals surface area (Å²) in [7, 11) is 2.15. The summed E-state index contributed by atoms with van der Waals surface area (Å²) < 4.78 is 13.9. The first-order chi connectivity index (χ1) is 19.9. The normalized spacial score (nSPS) is 20.3. The second-order valence-electron chi connectivity index (χ2n) is 11.0. The van der Waals surface area contributed by atoms with Crippen molar-refractivity contribution < 1.29 is 23.8 Å². The average molecular weight is 642 g/mol. The van der Waals surface area contributed by atoms with Crippen LogP contribution in [0.3, 0.4) is 0 Å². The van der Waals surface area contributed by atoms with Crippen LogP contribution in [0.25, 0.3) is 11.0 Å². The highest BCUT2D eigenvalue weighted by atomic mass is 79.9. The van der Waals surface area contributed by atoms with E-state index in [1.807, 2.05) is 16.1 Å². The molecule has 4 aromatic rings. The molecule has 0 radical (unpaired) electrons. The molecule has 2 aliphatic carbocycles. The smallest absolute Gasteiger partial charge is 0.352 e. The highest BCUT2D eigenvalue weighted by molar-refractivity contribution is 9.10. The number of hydrogen-bond donors (Lipinski definition) is 1. The van der Waals surface area contributed by atoms with Crippen LogP contribution in [-0.4, -0.2) is 63.0 Å². The second kappa shape index (κ2) is 11.8. The molecule has 0 saturated heterocycles. The molecule has 0 unspecified atom stereocenters. The third-order valence-electron chi connectivity index (χ3n) is 8.56. The van der Waals surface area contributed by atoms with Crippen molar-refractivity contribution in [1.82, 2.24) is 19.9 Å². The van der Waals surface area contributed by atoms with Crippen LogP contribution in [0, 0.1) is 0 Å². The lowest BCUT2D eigenvalue weighted by molar-refractivity contribution is -0.171. The molecule has 3 heterocycles. The molecule has 0 aliphatic heterocycles. The Morgan fingerprint density at radius 1 is 1.27 bits per heavy atom. The van der Waals surface area contributed by atoms with Crippen molar-refractivity contribution in [1.29, 1.82) is 0 Å². The van der Waals surface area contributed by atoms with Crippen LogP contribution in [0.1, 0.15) is 70.6 Å². The molecule has 1 aromatic carbocycles. The van der Waals surface area contributed by atoms with Gasteiger partial charge in [-0.25, -0.2) is 9.48 Å². The predicted octanol–water partition coefficient (Wildman–Crippen LogP) is 5.26. The van der Waals surface area contributed by atoms with Gasteiger partial charge in [0, 0.05) is 18.2 Å². The lowest BCUT2D eigenvalue weighted by Crippen LogP contribution is -2.42. The minimum atomic E-state index is -1.98. The van der Waals surface area contributed by atoms with Crippen molar-refractivity contribution in [2.75, 3.05) is 13.6 Å². The van der Waals surface area contributed by atoms with E-state index in [0.29, 0.717) is 15.6 Å². The molecule has 2 aliphatic rings. The molecule has 0 bridgehead atoms. The summed E-state index contributed by atoms with van der Waals surface area (Å²) in [6, 6.07) is 9.03. The van der Waals surface area contributed by atoms with Crippen LogP contribution < -0.4 is 0 Å². The summed E-state index contributed by atoms with van der Waals surface area (Å²) in [5, 5.41) is 22.1. The second-order valence-corrected chi connectivity index (χ2v) is 12.8. The van der Waals surface area contributed by atoms with Crippen molar-refractivity contribution in [3.63, 3.8) is 0 Å². The van der Waals surface area contributed by atoms with E-state index in [9.17, 15) is 14.7 Å². The number of halogens is 1. The van der Waals surface area contributed by atoms with Gasteiger partial charge in [0.1, 0.15) is 17.9 Å². The zero-order chi connectivity index (χ0) is 28.6. The Labute approximate surface area is 250 Å². The van der Waals surface area contributed by atoms with Gasteiger partial charge in [-0.1, -0.05) is 11.3 Å². The van der Waals surface area contributed by atoms with Crippen LogP contribution in [0.15, 0.2) is 44.8 Å². The van der Waals surface area contributed by atoms with Gasteiger partial charge in [-0.05, 0) is 122 Å². The Bertz CT molecular complexity index is 1540. The molecule has 0 amide bonds. The van der Waals surface area contributed by atoms with Gasteiger partial charge < -0.3 is 19.2 Å². The molecule has 1 saturated carbocycles. The lowest BCUT2D eigenvalue weighted by Gasteiger charge is -2.35. The number of carbonyl (C=O) groups excluding carboxylic acids is 2. The van der Waals surface area contributed by atoms with Crippen molar-refractivity contribution >= 4 is 50.6 Å². The largest absolute Gasteiger partial charge is 0.460 e. The number of aliphatic hydroxyl groups is 1. The maximum Gasteiger partial charge on any atom is 0.352 e. The molecule has 1 fully saturated rings. The van der Waals surface area contributed by atoms with E-state index >= 15 is 0 Å². The molecule has 216 valence electrons. The Kier molecular flexibility index (Phi) is 8.13. The minimum absolute atomic E-state index is 0.138. The van der Waals surface area contributed by atoms with Crippen LogP contribution in [0.4, 0.5) is 0 Å². The summed E-state index contributed by atoms with van der Waals surface area (Å²) >= 11 is 4.55. The molecule has 41 heavy (non-hydrogen) atoms. The number of ether oxygens (including phenoxy) is 1. The van der Waals surface area contributed by atoms with Gasteiger partial charge in [0.25, 0.3) is 5.60 Å². The van der Waals surface area contributed by atoms with Gasteiger partial charge in [-0.2, -0.15) is 0 Å². The van der Waals surface area contributed by atoms with Crippen molar-refractivity contribution in [2.45, 2.75) is 75.7 Å². The Hall–Kier alpha value is -2.86. The Morgan fingerprint density at radius 3 is 2.78 bits per heavy atom. The van der Waals surface area contributed by atoms with Gasteiger partial charge in [0.2, 0.25) is 0 Å². The summed E-state index contributed by atoms with van der Waals surface area (Å²) in [6.07, 6.45) is 7.89.